The first-order chi connectivity index (χ1) is 36.1. The van der Waals surface area contributed by atoms with Crippen LogP contribution in [-0.4, -0.2) is 11.6 Å². The van der Waals surface area contributed by atoms with Crippen LogP contribution in [0, 0.1) is 26.7 Å². The van der Waals surface area contributed by atoms with Gasteiger partial charge in [0.1, 0.15) is 0 Å². The van der Waals surface area contributed by atoms with E-state index in [1.165, 1.54) is 73.6 Å². The van der Waals surface area contributed by atoms with Crippen LogP contribution in [-0.2, 0) is 6.42 Å². The van der Waals surface area contributed by atoms with Gasteiger partial charge < -0.3 is 0 Å². The minimum Gasteiger partial charge on any atom is -0.288 e. The van der Waals surface area contributed by atoms with Crippen LogP contribution < -0.4 is 0 Å². The first-order valence-corrected chi connectivity index (χ1v) is 30.1. The molecule has 2 aliphatic rings. The molecule has 10 rings (SSSR count). The predicted molar refractivity (Wildman–Crippen MR) is 315 cm³/mol. The molecule has 0 aromatic heterocycles. The highest BCUT2D eigenvalue weighted by atomic mass is 32.2. The number of carbonyl (C=O) groups is 2. The molecule has 8 aromatic carbocycles. The Balaban J connectivity index is 1.05. The Morgan fingerprint density at radius 1 is 0.419 bits per heavy atom. The number of benzene rings is 8. The summed E-state index contributed by atoms with van der Waals surface area (Å²) in [6.45, 7) is 10.8. The molecule has 6 heteroatoms. The van der Waals surface area contributed by atoms with Gasteiger partial charge in [-0.05, 0) is 171 Å². The van der Waals surface area contributed by atoms with Crippen molar-refractivity contribution in [1.82, 2.24) is 0 Å². The van der Waals surface area contributed by atoms with Crippen molar-refractivity contribution in [3.05, 3.63) is 214 Å². The van der Waals surface area contributed by atoms with Crippen LogP contribution >= 0.6 is 47.0 Å². The fourth-order valence-electron chi connectivity index (χ4n) is 10.6. The van der Waals surface area contributed by atoms with Crippen LogP contribution in [0.1, 0.15) is 144 Å². The molecule has 0 spiro atoms. The van der Waals surface area contributed by atoms with E-state index in [2.05, 4.69) is 198 Å². The molecule has 0 radical (unpaired) electrons. The first-order valence-electron chi connectivity index (χ1n) is 26.8. The molecule has 8 aromatic rings. The third kappa shape index (κ3) is 12.0. The minimum absolute atomic E-state index is 0.118. The molecule has 1 saturated carbocycles. The zero-order valence-corrected chi connectivity index (χ0v) is 46.7. The van der Waals surface area contributed by atoms with Gasteiger partial charge in [-0.1, -0.05) is 207 Å². The maximum atomic E-state index is 16.2. The molecule has 0 aliphatic heterocycles. The van der Waals surface area contributed by atoms with E-state index in [0.29, 0.717) is 28.2 Å². The highest BCUT2D eigenvalue weighted by Crippen LogP contribution is 2.51. The molecule has 0 unspecified atom stereocenters. The molecule has 74 heavy (non-hydrogen) atoms. The summed E-state index contributed by atoms with van der Waals surface area (Å²) in [6.07, 6.45) is 14.0. The number of unbranched alkanes of at least 4 members (excludes halogenated alkanes) is 3. The van der Waals surface area contributed by atoms with E-state index < -0.39 is 0 Å². The van der Waals surface area contributed by atoms with Crippen molar-refractivity contribution in [2.24, 2.45) is 5.92 Å². The second kappa shape index (κ2) is 24.0. The number of hydrogen-bond acceptors (Lipinski definition) is 6. The van der Waals surface area contributed by atoms with Gasteiger partial charge in [-0.3, -0.25) is 9.59 Å². The highest BCUT2D eigenvalue weighted by Gasteiger charge is 2.39. The van der Waals surface area contributed by atoms with Crippen molar-refractivity contribution < 1.29 is 9.59 Å². The van der Waals surface area contributed by atoms with Crippen molar-refractivity contribution in [3.8, 4) is 22.3 Å². The maximum absolute atomic E-state index is 16.2. The second-order valence-corrected chi connectivity index (χ2v) is 24.9. The minimum atomic E-state index is -0.119. The van der Waals surface area contributed by atoms with E-state index in [1.54, 1.807) is 47.0 Å². The molecule has 0 N–H and O–H groups in total. The summed E-state index contributed by atoms with van der Waals surface area (Å²) in [7, 11) is 0. The number of carbonyl (C=O) groups excluding carboxylic acids is 2. The Kier molecular flexibility index (Phi) is 16.9. The van der Waals surface area contributed by atoms with Crippen LogP contribution in [0.15, 0.2) is 203 Å². The maximum Gasteiger partial charge on any atom is 0.196 e. The Bertz CT molecular complexity index is 3240. The molecule has 2 aliphatic carbocycles. The normalized spacial score (nSPS) is 15.3. The highest BCUT2D eigenvalue weighted by molar-refractivity contribution is 8.00. The van der Waals surface area contributed by atoms with E-state index in [4.69, 9.17) is 0 Å². The molecule has 2 nitrogen and oxygen atoms in total. The fourth-order valence-corrected chi connectivity index (χ4v) is 14.6. The average Bonchev–Trinajstić information content (AvgIpc) is 3.44. The quantitative estimate of drug-likeness (QED) is 0.0797. The molecule has 0 amide bonds. The molecule has 374 valence electrons. The lowest BCUT2D eigenvalue weighted by Gasteiger charge is -2.29. The molecular formula is C68H66O2S4. The van der Waals surface area contributed by atoms with Crippen LogP contribution in [0.4, 0.5) is 0 Å². The molecule has 0 heterocycles. The van der Waals surface area contributed by atoms with Crippen LogP contribution in [0.2, 0.25) is 0 Å². The zero-order valence-electron chi connectivity index (χ0n) is 43.5. The van der Waals surface area contributed by atoms with Crippen molar-refractivity contribution in [2.75, 3.05) is 0 Å². The zero-order chi connectivity index (χ0) is 51.1. The van der Waals surface area contributed by atoms with Crippen molar-refractivity contribution in [2.45, 2.75) is 150 Å². The first kappa shape index (κ1) is 52.0. The lowest BCUT2D eigenvalue weighted by atomic mass is 9.77. The summed E-state index contributed by atoms with van der Waals surface area (Å²) in [4.78, 5) is 39.4. The second-order valence-electron chi connectivity index (χ2n) is 20.5. The van der Waals surface area contributed by atoms with Gasteiger partial charge in [0.25, 0.3) is 0 Å². The Morgan fingerprint density at radius 2 is 0.851 bits per heavy atom. The number of fused-ring (bicyclic) bond motifs is 2. The molecule has 0 atom stereocenters. The monoisotopic (exact) mass is 1040 g/mol. The molecular weight excluding hydrogens is 977 g/mol. The summed E-state index contributed by atoms with van der Waals surface area (Å²) in [5.41, 5.74) is 12.5. The van der Waals surface area contributed by atoms with E-state index >= 15 is 9.59 Å². The Morgan fingerprint density at radius 3 is 1.36 bits per heavy atom. The van der Waals surface area contributed by atoms with Crippen molar-refractivity contribution in [1.29, 1.82) is 0 Å². The topological polar surface area (TPSA) is 34.1 Å². The van der Waals surface area contributed by atoms with Crippen molar-refractivity contribution >= 4 is 58.6 Å². The lowest BCUT2D eigenvalue weighted by Crippen LogP contribution is -2.25. The summed E-state index contributed by atoms with van der Waals surface area (Å²) in [6, 6.07) is 58.5. The smallest absolute Gasteiger partial charge is 0.196 e. The molecule has 0 saturated heterocycles. The van der Waals surface area contributed by atoms with E-state index in [0.717, 1.165) is 92.2 Å². The summed E-state index contributed by atoms with van der Waals surface area (Å²) in [5, 5.41) is 0. The van der Waals surface area contributed by atoms with E-state index in [-0.39, 0.29) is 11.6 Å². The van der Waals surface area contributed by atoms with E-state index in [1.807, 2.05) is 0 Å². The summed E-state index contributed by atoms with van der Waals surface area (Å²) < 4.78 is 0. The van der Waals surface area contributed by atoms with Gasteiger partial charge in [0, 0.05) is 61.4 Å². The predicted octanol–water partition coefficient (Wildman–Crippen LogP) is 20.5. The van der Waals surface area contributed by atoms with Gasteiger partial charge in [0.2, 0.25) is 0 Å². The fraction of sp³-hybridized carbons (Fsp3) is 0.265. The van der Waals surface area contributed by atoms with E-state index in [9.17, 15) is 0 Å². The van der Waals surface area contributed by atoms with Crippen LogP contribution in [0.25, 0.3) is 22.3 Å². The van der Waals surface area contributed by atoms with Gasteiger partial charge in [-0.25, -0.2) is 0 Å². The Hall–Kier alpha value is -5.50. The standard InChI is InChI=1S/C68H66O2S4/c1-6-8-10-12-48-19-23-49(24-20-48)50-27-29-51(30-28-50)52-31-39-56(40-32-52)72-59-41-42-60(71-54-33-13-44(3)14-34-54)63-62(59)66(69)64-61(73-55-35-15-45(4)16-36-55)43-58(53-25-21-47(22-26-53)11-9-7-2)68(65(64)67(63)70)74-57-37-17-46(5)18-38-57/h13-18,21-22,25-43,48-49H,6-12,19-20,23-24H2,1-5H3. The molecule has 1 fully saturated rings. The number of ketones is 2. The molecule has 0 bridgehead atoms. The number of rotatable bonds is 18. The van der Waals surface area contributed by atoms with Gasteiger partial charge in [-0.2, -0.15) is 0 Å². The van der Waals surface area contributed by atoms with Crippen LogP contribution in [0.5, 0.6) is 0 Å². The van der Waals surface area contributed by atoms with Crippen LogP contribution in [0.3, 0.4) is 0 Å². The SMILES string of the molecule is CCCCCC1CCC(c2ccc(-c3ccc(Sc4ccc(Sc5ccc(C)cc5)c5c4C(=O)c4c(Sc6ccc(C)cc6)cc(-c6ccc(CCCC)cc6)c(Sc6ccc(C)cc6)c4C5=O)cc3)cc2)CC1. The third-order valence-corrected chi connectivity index (χ3v) is 19.3. The van der Waals surface area contributed by atoms with Gasteiger partial charge in [-0.15, -0.1) is 0 Å². The Labute approximate surface area is 457 Å². The number of hydrogen-bond donors (Lipinski definition) is 0. The third-order valence-electron chi connectivity index (χ3n) is 15.0. The summed E-state index contributed by atoms with van der Waals surface area (Å²) >= 11 is 6.26. The summed E-state index contributed by atoms with van der Waals surface area (Å²) in [5.74, 6) is 1.33. The largest absolute Gasteiger partial charge is 0.288 e. The lowest BCUT2D eigenvalue weighted by molar-refractivity contribution is 0.0970. The van der Waals surface area contributed by atoms with Gasteiger partial charge >= 0.3 is 0 Å². The average molecular weight is 1040 g/mol. The van der Waals surface area contributed by atoms with Crippen molar-refractivity contribution in [3.63, 3.8) is 0 Å². The van der Waals surface area contributed by atoms with Gasteiger partial charge in [0.05, 0.1) is 0 Å². The van der Waals surface area contributed by atoms with Gasteiger partial charge in [0.15, 0.2) is 11.6 Å². The number of aryl methyl sites for hydroxylation is 4.